The molecule has 1 aliphatic heterocycles. The molecule has 0 atom stereocenters. The van der Waals surface area contributed by atoms with E-state index in [0.29, 0.717) is 17.2 Å². The van der Waals surface area contributed by atoms with Crippen molar-refractivity contribution in [3.63, 3.8) is 0 Å². The van der Waals surface area contributed by atoms with E-state index in [1.807, 2.05) is 0 Å². The Morgan fingerprint density at radius 1 is 1.24 bits per heavy atom. The van der Waals surface area contributed by atoms with Gasteiger partial charge in [0.1, 0.15) is 0 Å². The van der Waals surface area contributed by atoms with Crippen LogP contribution in [0.1, 0.15) is 36.0 Å². The van der Waals surface area contributed by atoms with Gasteiger partial charge in [-0.1, -0.05) is 11.6 Å². The Labute approximate surface area is 195 Å². The van der Waals surface area contributed by atoms with E-state index in [2.05, 4.69) is 31.0 Å². The second-order valence-corrected chi connectivity index (χ2v) is 8.41. The second kappa shape index (κ2) is 8.28. The molecule has 1 saturated carbocycles. The number of hydrogen-bond acceptors (Lipinski definition) is 7. The fourth-order valence-electron chi connectivity index (χ4n) is 3.45. The minimum atomic E-state index is -4.50. The van der Waals surface area contributed by atoms with Gasteiger partial charge < -0.3 is 10.6 Å². The zero-order valence-corrected chi connectivity index (χ0v) is 18.2. The molecule has 3 aromatic rings. The quantitative estimate of drug-likeness (QED) is 0.358. The summed E-state index contributed by atoms with van der Waals surface area (Å²) >= 11 is 6.10. The van der Waals surface area contributed by atoms with Crippen LogP contribution >= 0.6 is 11.6 Å². The number of amides is 2. The van der Waals surface area contributed by atoms with Gasteiger partial charge in [0.15, 0.2) is 5.65 Å². The van der Waals surface area contributed by atoms with Gasteiger partial charge in [0.2, 0.25) is 17.8 Å². The Morgan fingerprint density at radius 3 is 2.71 bits per heavy atom. The highest BCUT2D eigenvalue weighted by molar-refractivity contribution is 6.31. The lowest BCUT2D eigenvalue weighted by Gasteiger charge is -2.13. The molecule has 2 aliphatic rings. The molecule has 176 valence electrons. The predicted octanol–water partition coefficient (Wildman–Crippen LogP) is 3.41. The van der Waals surface area contributed by atoms with Crippen LogP contribution in [0.2, 0.25) is 5.02 Å². The van der Waals surface area contributed by atoms with Crippen molar-refractivity contribution in [2.45, 2.75) is 38.0 Å². The number of nitrogens with zero attached hydrogens (tertiary/aromatic N) is 4. The maximum atomic E-state index is 13.1. The van der Waals surface area contributed by atoms with Crippen molar-refractivity contribution in [3.05, 3.63) is 51.7 Å². The molecule has 1 aromatic carbocycles. The number of imide groups is 1. The van der Waals surface area contributed by atoms with Gasteiger partial charge in [-0.15, -0.1) is 0 Å². The number of rotatable bonds is 6. The van der Waals surface area contributed by atoms with Crippen LogP contribution < -0.4 is 16.0 Å². The largest absolute Gasteiger partial charge is 0.416 e. The van der Waals surface area contributed by atoms with Crippen molar-refractivity contribution in [3.8, 4) is 0 Å². The zero-order chi connectivity index (χ0) is 24.0. The predicted molar refractivity (Wildman–Crippen MR) is 117 cm³/mol. The van der Waals surface area contributed by atoms with E-state index in [4.69, 9.17) is 11.6 Å². The lowest BCUT2D eigenvalue weighted by molar-refractivity contribution is -0.137. The van der Waals surface area contributed by atoms with Crippen LogP contribution in [0.4, 0.5) is 25.1 Å². The van der Waals surface area contributed by atoms with Gasteiger partial charge in [-0.3, -0.25) is 14.9 Å². The fraction of sp³-hybridized carbons (Fsp3) is 0.286. The number of anilines is 2. The first kappa shape index (κ1) is 22.1. The molecule has 3 heterocycles. The fourth-order valence-corrected chi connectivity index (χ4v) is 3.63. The topological polar surface area (TPSA) is 113 Å². The molecule has 0 bridgehead atoms. The third kappa shape index (κ3) is 4.53. The molecule has 2 fully saturated rings. The maximum absolute atomic E-state index is 13.1. The summed E-state index contributed by atoms with van der Waals surface area (Å²) in [6.07, 6.45) is 0.420. The highest BCUT2D eigenvalue weighted by atomic mass is 35.5. The summed E-state index contributed by atoms with van der Waals surface area (Å²) in [6.45, 7) is -0.0523. The highest BCUT2D eigenvalue weighted by Crippen LogP contribution is 2.32. The second-order valence-electron chi connectivity index (χ2n) is 8.01. The van der Waals surface area contributed by atoms with Crippen LogP contribution in [0, 0.1) is 0 Å². The number of nitrogens with one attached hydrogen (secondary N) is 3. The minimum Gasteiger partial charge on any atom is -0.351 e. The van der Waals surface area contributed by atoms with Crippen molar-refractivity contribution >= 4 is 47.0 Å². The monoisotopic (exact) mass is 491 g/mol. The number of alkyl halides is 3. The van der Waals surface area contributed by atoms with Crippen molar-refractivity contribution in [1.82, 2.24) is 24.9 Å². The molecule has 2 amide bonds. The molecule has 34 heavy (non-hydrogen) atoms. The first-order chi connectivity index (χ1) is 16.2. The van der Waals surface area contributed by atoms with Gasteiger partial charge in [0.05, 0.1) is 18.2 Å². The van der Waals surface area contributed by atoms with Crippen molar-refractivity contribution < 1.29 is 22.8 Å². The van der Waals surface area contributed by atoms with Crippen LogP contribution in [-0.4, -0.2) is 37.4 Å². The molecule has 0 radical (unpaired) electrons. The summed E-state index contributed by atoms with van der Waals surface area (Å²) in [4.78, 5) is 32.3. The highest BCUT2D eigenvalue weighted by Gasteiger charge is 2.31. The number of halogens is 4. The summed E-state index contributed by atoms with van der Waals surface area (Å²) < 4.78 is 40.7. The number of aromatic nitrogens is 4. The van der Waals surface area contributed by atoms with Crippen LogP contribution in [-0.2, 0) is 22.3 Å². The average Bonchev–Trinajstić information content (AvgIpc) is 3.40. The van der Waals surface area contributed by atoms with E-state index in [-0.39, 0.29) is 41.1 Å². The molecule has 13 heteroatoms. The van der Waals surface area contributed by atoms with Gasteiger partial charge in [0.25, 0.3) is 5.91 Å². The van der Waals surface area contributed by atoms with E-state index in [9.17, 15) is 22.8 Å². The summed E-state index contributed by atoms with van der Waals surface area (Å²) in [5.41, 5.74) is 0.543. The molecule has 5 rings (SSSR count). The van der Waals surface area contributed by atoms with Crippen molar-refractivity contribution in [1.29, 1.82) is 0 Å². The SMILES string of the molecule is O=C1C/C(=C\c2cnn3c(NC4CC4)nc(NCc4cc(C(F)(F)F)ccc4Cl)nc23)C(=O)N1. The van der Waals surface area contributed by atoms with Gasteiger partial charge >= 0.3 is 6.18 Å². The smallest absolute Gasteiger partial charge is 0.351 e. The third-order valence-electron chi connectivity index (χ3n) is 5.34. The van der Waals surface area contributed by atoms with E-state index >= 15 is 0 Å². The summed E-state index contributed by atoms with van der Waals surface area (Å²) in [7, 11) is 0. The first-order valence-corrected chi connectivity index (χ1v) is 10.7. The Morgan fingerprint density at radius 2 is 2.03 bits per heavy atom. The lowest BCUT2D eigenvalue weighted by Crippen LogP contribution is -2.19. The Balaban J connectivity index is 1.48. The minimum absolute atomic E-state index is 0.0480. The van der Waals surface area contributed by atoms with Crippen LogP contribution in [0.25, 0.3) is 11.7 Å². The Bertz CT molecular complexity index is 1350. The molecule has 1 aliphatic carbocycles. The van der Waals surface area contributed by atoms with Crippen molar-refractivity contribution in [2.24, 2.45) is 0 Å². The number of fused-ring (bicyclic) bond motifs is 1. The molecule has 3 N–H and O–H groups in total. The number of hydrogen-bond donors (Lipinski definition) is 3. The van der Waals surface area contributed by atoms with Crippen LogP contribution in [0.3, 0.4) is 0 Å². The zero-order valence-electron chi connectivity index (χ0n) is 17.4. The summed E-state index contributed by atoms with van der Waals surface area (Å²) in [6, 6.07) is 3.32. The van der Waals surface area contributed by atoms with Gasteiger partial charge in [-0.2, -0.15) is 32.8 Å². The first-order valence-electron chi connectivity index (χ1n) is 10.3. The molecular weight excluding hydrogens is 475 g/mol. The maximum Gasteiger partial charge on any atom is 0.416 e. The van der Waals surface area contributed by atoms with E-state index in [1.165, 1.54) is 22.9 Å². The van der Waals surface area contributed by atoms with Crippen LogP contribution in [0.5, 0.6) is 0 Å². The molecule has 0 spiro atoms. The number of benzene rings is 1. The normalized spacial score (nSPS) is 17.5. The van der Waals surface area contributed by atoms with Crippen molar-refractivity contribution in [2.75, 3.05) is 10.6 Å². The van der Waals surface area contributed by atoms with Gasteiger partial charge in [-0.25, -0.2) is 0 Å². The molecule has 0 unspecified atom stereocenters. The summed E-state index contributed by atoms with van der Waals surface area (Å²) in [5, 5.41) is 12.8. The lowest BCUT2D eigenvalue weighted by atomic mass is 10.1. The standard InChI is InChI=1S/C21H17ClF3N7O2/c22-15-4-1-13(21(23,24)25)6-11(15)8-26-19-30-17-12(5-10-7-16(33)29-18(10)34)9-27-32(17)20(31-19)28-14-2-3-14/h1,4-6,9,14H,2-3,7-8H2,(H,29,33,34)(H2,26,28,30,31)/b10-5+. The Hall–Kier alpha value is -3.67. The number of carbonyl (C=O) groups is 2. The van der Waals surface area contributed by atoms with Gasteiger partial charge in [0, 0.05) is 28.7 Å². The Kier molecular flexibility index (Phi) is 5.39. The van der Waals surface area contributed by atoms with E-state index in [0.717, 1.165) is 25.0 Å². The molecule has 9 nitrogen and oxygen atoms in total. The van der Waals surface area contributed by atoms with Gasteiger partial charge in [-0.05, 0) is 42.7 Å². The summed E-state index contributed by atoms with van der Waals surface area (Å²) in [5.74, 6) is -0.344. The number of carbonyl (C=O) groups excluding carboxylic acids is 2. The van der Waals surface area contributed by atoms with E-state index in [1.54, 1.807) is 0 Å². The van der Waals surface area contributed by atoms with E-state index < -0.39 is 23.6 Å². The molecule has 1 saturated heterocycles. The molecular formula is C21H17ClF3N7O2. The average molecular weight is 492 g/mol. The third-order valence-corrected chi connectivity index (χ3v) is 5.71. The van der Waals surface area contributed by atoms with Crippen LogP contribution in [0.15, 0.2) is 30.0 Å². The molecule has 2 aromatic heterocycles.